The largest absolute Gasteiger partial charge is 0.497 e. The molecule has 0 aromatic heterocycles. The molecule has 3 aromatic rings. The summed E-state index contributed by atoms with van der Waals surface area (Å²) in [4.78, 5) is 28.1. The molecule has 1 aliphatic rings. The molecular formula is C27H28N2O5. The lowest BCUT2D eigenvalue weighted by Crippen LogP contribution is -2.32. The second kappa shape index (κ2) is 10.3. The van der Waals surface area contributed by atoms with Crippen LogP contribution in [-0.2, 0) is 11.3 Å². The van der Waals surface area contributed by atoms with Crippen molar-refractivity contribution < 1.29 is 23.8 Å². The van der Waals surface area contributed by atoms with Crippen LogP contribution in [0.2, 0.25) is 0 Å². The van der Waals surface area contributed by atoms with Gasteiger partial charge in [0.15, 0.2) is 11.5 Å². The number of rotatable bonds is 9. The zero-order valence-electron chi connectivity index (χ0n) is 19.5. The Morgan fingerprint density at radius 3 is 2.56 bits per heavy atom. The Balaban J connectivity index is 1.64. The van der Waals surface area contributed by atoms with Crippen LogP contribution in [0.25, 0.3) is 0 Å². The summed E-state index contributed by atoms with van der Waals surface area (Å²) in [5.41, 5.74) is 3.04. The number of ether oxygens (including phenoxy) is 3. The highest BCUT2D eigenvalue weighted by atomic mass is 16.5. The summed E-state index contributed by atoms with van der Waals surface area (Å²) in [6.07, 6.45) is 0.0775. The van der Waals surface area contributed by atoms with Crippen LogP contribution in [0.5, 0.6) is 17.2 Å². The van der Waals surface area contributed by atoms with Crippen molar-refractivity contribution >= 4 is 17.5 Å². The fourth-order valence-corrected chi connectivity index (χ4v) is 4.19. The summed E-state index contributed by atoms with van der Waals surface area (Å²) in [7, 11) is 3.15. The molecule has 1 N–H and O–H groups in total. The van der Waals surface area contributed by atoms with Crippen molar-refractivity contribution in [2.24, 2.45) is 0 Å². The monoisotopic (exact) mass is 460 g/mol. The second-order valence-corrected chi connectivity index (χ2v) is 7.93. The standard InChI is InChI=1S/C27H28N2O5/c1-4-34-24-13-12-18(14-25(24)33-3)23(29-17-19-8-5-6-11-22(19)27(29)31)16-26(30)28-20-9-7-10-21(15-20)32-2/h5-15,23H,4,16-17H2,1-3H3,(H,28,30)/t23-/m0/s1. The molecule has 0 saturated carbocycles. The first-order valence-electron chi connectivity index (χ1n) is 11.2. The zero-order valence-corrected chi connectivity index (χ0v) is 19.5. The molecule has 0 aliphatic carbocycles. The van der Waals surface area contributed by atoms with E-state index >= 15 is 0 Å². The third-order valence-electron chi connectivity index (χ3n) is 5.83. The number of benzene rings is 3. The van der Waals surface area contributed by atoms with Crippen LogP contribution >= 0.6 is 0 Å². The number of amides is 2. The lowest BCUT2D eigenvalue weighted by molar-refractivity contribution is -0.117. The van der Waals surface area contributed by atoms with E-state index in [1.165, 1.54) is 0 Å². The molecular weight excluding hydrogens is 432 g/mol. The average Bonchev–Trinajstić information content (AvgIpc) is 3.19. The summed E-state index contributed by atoms with van der Waals surface area (Å²) in [5, 5.41) is 2.92. The molecule has 0 radical (unpaired) electrons. The molecule has 1 heterocycles. The third-order valence-corrected chi connectivity index (χ3v) is 5.83. The van der Waals surface area contributed by atoms with Gasteiger partial charge in [0.2, 0.25) is 5.91 Å². The van der Waals surface area contributed by atoms with Crippen molar-refractivity contribution in [3.05, 3.63) is 83.4 Å². The quantitative estimate of drug-likeness (QED) is 0.495. The molecule has 1 atom stereocenters. The number of anilines is 1. The van der Waals surface area contributed by atoms with E-state index in [0.29, 0.717) is 41.7 Å². The lowest BCUT2D eigenvalue weighted by atomic mass is 10.0. The first-order chi connectivity index (χ1) is 16.5. The number of carbonyl (C=O) groups is 2. The van der Waals surface area contributed by atoms with Gasteiger partial charge >= 0.3 is 0 Å². The summed E-state index contributed by atoms with van der Waals surface area (Å²) in [6, 6.07) is 19.8. The van der Waals surface area contributed by atoms with Crippen LogP contribution in [0.3, 0.4) is 0 Å². The van der Waals surface area contributed by atoms with Gasteiger partial charge in [0.1, 0.15) is 5.75 Å². The molecule has 0 unspecified atom stereocenters. The topological polar surface area (TPSA) is 77.1 Å². The molecule has 34 heavy (non-hydrogen) atoms. The van der Waals surface area contributed by atoms with Gasteiger partial charge in [-0.25, -0.2) is 0 Å². The van der Waals surface area contributed by atoms with Gasteiger partial charge in [-0.05, 0) is 48.4 Å². The Bertz CT molecular complexity index is 1190. The van der Waals surface area contributed by atoms with Crippen molar-refractivity contribution in [2.45, 2.75) is 25.9 Å². The van der Waals surface area contributed by atoms with Crippen LogP contribution in [0.1, 0.15) is 40.9 Å². The van der Waals surface area contributed by atoms with Crippen LogP contribution in [-0.4, -0.2) is 37.5 Å². The normalized spacial score (nSPS) is 13.3. The highest BCUT2D eigenvalue weighted by Crippen LogP contribution is 2.37. The fourth-order valence-electron chi connectivity index (χ4n) is 4.19. The minimum atomic E-state index is -0.491. The van der Waals surface area contributed by atoms with Gasteiger partial charge in [-0.15, -0.1) is 0 Å². The van der Waals surface area contributed by atoms with E-state index in [9.17, 15) is 9.59 Å². The molecule has 2 amide bonds. The lowest BCUT2D eigenvalue weighted by Gasteiger charge is -2.28. The number of fused-ring (bicyclic) bond motifs is 1. The molecule has 3 aromatic carbocycles. The van der Waals surface area contributed by atoms with Gasteiger partial charge in [0.05, 0.1) is 33.3 Å². The van der Waals surface area contributed by atoms with E-state index in [-0.39, 0.29) is 18.2 Å². The Labute approximate surface area is 199 Å². The predicted molar refractivity (Wildman–Crippen MR) is 129 cm³/mol. The highest BCUT2D eigenvalue weighted by molar-refractivity contribution is 5.99. The molecule has 176 valence electrons. The number of hydrogen-bond acceptors (Lipinski definition) is 5. The van der Waals surface area contributed by atoms with Crippen LogP contribution < -0.4 is 19.5 Å². The zero-order chi connectivity index (χ0) is 24.1. The van der Waals surface area contributed by atoms with Gasteiger partial charge in [0, 0.05) is 23.9 Å². The molecule has 0 spiro atoms. The van der Waals surface area contributed by atoms with E-state index in [1.54, 1.807) is 31.3 Å². The smallest absolute Gasteiger partial charge is 0.255 e. The van der Waals surface area contributed by atoms with Crippen LogP contribution in [0, 0.1) is 0 Å². The molecule has 0 fully saturated rings. The number of methoxy groups -OCH3 is 2. The van der Waals surface area contributed by atoms with Crippen molar-refractivity contribution in [3.63, 3.8) is 0 Å². The van der Waals surface area contributed by atoms with Gasteiger partial charge in [-0.2, -0.15) is 0 Å². The van der Waals surface area contributed by atoms with Gasteiger partial charge in [0.25, 0.3) is 5.91 Å². The summed E-state index contributed by atoms with van der Waals surface area (Å²) in [6.45, 7) is 2.84. The molecule has 4 rings (SSSR count). The average molecular weight is 461 g/mol. The summed E-state index contributed by atoms with van der Waals surface area (Å²) >= 11 is 0. The maximum Gasteiger partial charge on any atom is 0.255 e. The Hall–Kier alpha value is -4.00. The SMILES string of the molecule is CCOc1ccc([C@H](CC(=O)Nc2cccc(OC)c2)N2Cc3ccccc3C2=O)cc1OC. The molecule has 7 heteroatoms. The number of carbonyl (C=O) groups excluding carboxylic acids is 2. The highest BCUT2D eigenvalue weighted by Gasteiger charge is 2.35. The second-order valence-electron chi connectivity index (χ2n) is 7.93. The Morgan fingerprint density at radius 1 is 1.00 bits per heavy atom. The van der Waals surface area contributed by atoms with Gasteiger partial charge in [-0.3, -0.25) is 9.59 Å². The van der Waals surface area contributed by atoms with Crippen LogP contribution in [0.4, 0.5) is 5.69 Å². The summed E-state index contributed by atoms with van der Waals surface area (Å²) in [5.74, 6) is 1.51. The molecule has 1 aliphatic heterocycles. The van der Waals surface area contributed by atoms with E-state index in [0.717, 1.165) is 11.1 Å². The van der Waals surface area contributed by atoms with Crippen molar-refractivity contribution in [1.82, 2.24) is 4.90 Å². The minimum Gasteiger partial charge on any atom is -0.497 e. The Morgan fingerprint density at radius 2 is 1.82 bits per heavy atom. The minimum absolute atomic E-state index is 0.0775. The maximum atomic E-state index is 13.3. The van der Waals surface area contributed by atoms with Crippen molar-refractivity contribution in [3.8, 4) is 17.2 Å². The van der Waals surface area contributed by atoms with Gasteiger partial charge < -0.3 is 24.4 Å². The molecule has 0 saturated heterocycles. The van der Waals surface area contributed by atoms with E-state index in [1.807, 2.05) is 61.5 Å². The number of nitrogens with one attached hydrogen (secondary N) is 1. The van der Waals surface area contributed by atoms with Crippen LogP contribution in [0.15, 0.2) is 66.7 Å². The van der Waals surface area contributed by atoms with E-state index < -0.39 is 6.04 Å². The first-order valence-corrected chi connectivity index (χ1v) is 11.2. The van der Waals surface area contributed by atoms with Crippen molar-refractivity contribution in [1.29, 1.82) is 0 Å². The molecule has 7 nitrogen and oxygen atoms in total. The summed E-state index contributed by atoms with van der Waals surface area (Å²) < 4.78 is 16.4. The number of nitrogens with zero attached hydrogens (tertiary/aromatic N) is 1. The maximum absolute atomic E-state index is 13.3. The van der Waals surface area contributed by atoms with Gasteiger partial charge in [-0.1, -0.05) is 30.3 Å². The van der Waals surface area contributed by atoms with E-state index in [2.05, 4.69) is 5.32 Å². The Kier molecular flexibility index (Phi) is 7.01. The molecule has 0 bridgehead atoms. The fraction of sp³-hybridized carbons (Fsp3) is 0.259. The third kappa shape index (κ3) is 4.83. The van der Waals surface area contributed by atoms with Crippen molar-refractivity contribution in [2.75, 3.05) is 26.1 Å². The number of hydrogen-bond donors (Lipinski definition) is 1. The first kappa shape index (κ1) is 23.2. The predicted octanol–water partition coefficient (Wildman–Crippen LogP) is 4.83. The van der Waals surface area contributed by atoms with E-state index in [4.69, 9.17) is 14.2 Å².